The van der Waals surface area contributed by atoms with Gasteiger partial charge in [0.05, 0.1) is 22.0 Å². The van der Waals surface area contributed by atoms with Crippen LogP contribution in [-0.2, 0) is 26.2 Å². The molecule has 0 heterocycles. The lowest BCUT2D eigenvalue weighted by Gasteiger charge is -2.34. The van der Waals surface area contributed by atoms with Crippen molar-refractivity contribution in [3.8, 4) is 0 Å². The molecule has 2 aromatic carbocycles. The number of nitrogens with zero attached hydrogens (tertiary/aromatic N) is 2. The number of amides is 2. The minimum atomic E-state index is -3.81. The first-order chi connectivity index (χ1) is 16.5. The van der Waals surface area contributed by atoms with Crippen molar-refractivity contribution in [1.82, 2.24) is 10.2 Å². The Labute approximate surface area is 224 Å². The number of benzene rings is 2. The van der Waals surface area contributed by atoms with Gasteiger partial charge < -0.3 is 10.2 Å². The number of hydrogen-bond donors (Lipinski definition) is 1. The van der Waals surface area contributed by atoms with Crippen molar-refractivity contribution in [2.75, 3.05) is 17.1 Å². The fraction of sp³-hybridized carbons (Fsp3) is 0.462. The molecule has 1 N–H and O–H groups in total. The maximum atomic E-state index is 13.8. The standard InChI is InChI=1S/C26H35Cl2N3O4S/c1-8-22(25(33)29-26(4,5)6)30(15-19-11-12-20(27)21(28)14-19)24(32)16-31(36(7,34)35)23-13-17(2)9-10-18(23)3/h9-14,22H,8,15-16H2,1-7H3,(H,29,33)/t22-/m1/s1. The van der Waals surface area contributed by atoms with Crippen LogP contribution in [0.4, 0.5) is 5.69 Å². The van der Waals surface area contributed by atoms with Gasteiger partial charge in [-0.05, 0) is 75.9 Å². The van der Waals surface area contributed by atoms with Crippen LogP contribution in [0.3, 0.4) is 0 Å². The van der Waals surface area contributed by atoms with Gasteiger partial charge in [-0.15, -0.1) is 0 Å². The summed E-state index contributed by atoms with van der Waals surface area (Å²) < 4.78 is 26.7. The van der Waals surface area contributed by atoms with Crippen LogP contribution in [0.1, 0.15) is 50.8 Å². The van der Waals surface area contributed by atoms with Crippen LogP contribution in [0.5, 0.6) is 0 Å². The lowest BCUT2D eigenvalue weighted by atomic mass is 10.1. The van der Waals surface area contributed by atoms with Gasteiger partial charge in [0.2, 0.25) is 21.8 Å². The van der Waals surface area contributed by atoms with E-state index in [1.165, 1.54) is 4.90 Å². The summed E-state index contributed by atoms with van der Waals surface area (Å²) in [7, 11) is -3.81. The highest BCUT2D eigenvalue weighted by atomic mass is 35.5. The van der Waals surface area contributed by atoms with E-state index in [2.05, 4.69) is 5.32 Å². The second kappa shape index (κ2) is 11.8. The van der Waals surface area contributed by atoms with Gasteiger partial charge >= 0.3 is 0 Å². The van der Waals surface area contributed by atoms with E-state index in [1.54, 1.807) is 38.1 Å². The van der Waals surface area contributed by atoms with E-state index in [4.69, 9.17) is 23.2 Å². The zero-order chi connectivity index (χ0) is 27.4. The molecular weight excluding hydrogens is 521 g/mol. The molecule has 1 atom stereocenters. The summed E-state index contributed by atoms with van der Waals surface area (Å²) in [5.41, 5.74) is 2.15. The Kier molecular flexibility index (Phi) is 9.84. The van der Waals surface area contributed by atoms with Gasteiger partial charge in [0.1, 0.15) is 12.6 Å². The SMILES string of the molecule is CC[C@H](C(=O)NC(C)(C)C)N(Cc1ccc(Cl)c(Cl)c1)C(=O)CN(c1cc(C)ccc1C)S(C)(=O)=O. The second-order valence-electron chi connectivity index (χ2n) is 9.99. The average molecular weight is 557 g/mol. The molecular formula is C26H35Cl2N3O4S. The van der Waals surface area contributed by atoms with Crippen LogP contribution in [0.15, 0.2) is 36.4 Å². The number of halogens is 2. The molecule has 10 heteroatoms. The molecule has 36 heavy (non-hydrogen) atoms. The van der Waals surface area contributed by atoms with Crippen molar-refractivity contribution in [1.29, 1.82) is 0 Å². The van der Waals surface area contributed by atoms with Crippen LogP contribution in [0.2, 0.25) is 10.0 Å². The zero-order valence-electron chi connectivity index (χ0n) is 21.9. The van der Waals surface area contributed by atoms with Gasteiger partial charge in [-0.25, -0.2) is 8.42 Å². The summed E-state index contributed by atoms with van der Waals surface area (Å²) in [6, 6.07) is 9.58. The van der Waals surface area contributed by atoms with E-state index in [0.717, 1.165) is 16.1 Å². The molecule has 0 spiro atoms. The van der Waals surface area contributed by atoms with Crippen molar-refractivity contribution in [2.45, 2.75) is 66.1 Å². The third-order valence-corrected chi connectivity index (χ3v) is 7.40. The topological polar surface area (TPSA) is 86.8 Å². The predicted octanol–water partition coefficient (Wildman–Crippen LogP) is 5.10. The molecule has 2 aromatic rings. The largest absolute Gasteiger partial charge is 0.350 e. The number of rotatable bonds is 9. The maximum absolute atomic E-state index is 13.8. The number of nitrogens with one attached hydrogen (secondary N) is 1. The maximum Gasteiger partial charge on any atom is 0.244 e. The third kappa shape index (κ3) is 8.11. The summed E-state index contributed by atoms with van der Waals surface area (Å²) in [5.74, 6) is -0.834. The summed E-state index contributed by atoms with van der Waals surface area (Å²) in [6.45, 7) is 10.6. The normalized spacial score (nSPS) is 12.7. The Hall–Kier alpha value is -2.29. The van der Waals surface area contributed by atoms with Gasteiger partial charge in [0.15, 0.2) is 0 Å². The van der Waals surface area contributed by atoms with Crippen molar-refractivity contribution in [2.24, 2.45) is 0 Å². The van der Waals surface area contributed by atoms with Crippen molar-refractivity contribution in [3.05, 3.63) is 63.1 Å². The molecule has 2 rings (SSSR count). The quantitative estimate of drug-likeness (QED) is 0.466. The first-order valence-corrected chi connectivity index (χ1v) is 14.2. The van der Waals surface area contributed by atoms with E-state index in [9.17, 15) is 18.0 Å². The minimum absolute atomic E-state index is 0.0518. The molecule has 0 aliphatic rings. The average Bonchev–Trinajstić information content (AvgIpc) is 2.74. The number of carbonyl (C=O) groups excluding carboxylic acids is 2. The van der Waals surface area contributed by atoms with Crippen LogP contribution >= 0.6 is 23.2 Å². The minimum Gasteiger partial charge on any atom is -0.350 e. The van der Waals surface area contributed by atoms with Crippen LogP contribution in [-0.4, -0.2) is 49.5 Å². The Morgan fingerprint density at radius 3 is 2.19 bits per heavy atom. The van der Waals surface area contributed by atoms with E-state index in [-0.39, 0.29) is 12.5 Å². The molecule has 198 valence electrons. The Bertz CT molecular complexity index is 1230. The summed E-state index contributed by atoms with van der Waals surface area (Å²) in [5, 5.41) is 3.62. The fourth-order valence-corrected chi connectivity index (χ4v) is 5.01. The monoisotopic (exact) mass is 555 g/mol. The number of carbonyl (C=O) groups is 2. The lowest BCUT2D eigenvalue weighted by molar-refractivity contribution is -0.141. The molecule has 7 nitrogen and oxygen atoms in total. The van der Waals surface area contributed by atoms with E-state index in [0.29, 0.717) is 33.3 Å². The number of sulfonamides is 1. The number of anilines is 1. The zero-order valence-corrected chi connectivity index (χ0v) is 24.2. The first-order valence-electron chi connectivity index (χ1n) is 11.6. The predicted molar refractivity (Wildman–Crippen MR) is 147 cm³/mol. The second-order valence-corrected chi connectivity index (χ2v) is 12.7. The number of aryl methyl sites for hydroxylation is 2. The highest BCUT2D eigenvalue weighted by Crippen LogP contribution is 2.26. The van der Waals surface area contributed by atoms with Crippen molar-refractivity contribution >= 4 is 50.7 Å². The Morgan fingerprint density at radius 1 is 1.03 bits per heavy atom. The highest BCUT2D eigenvalue weighted by molar-refractivity contribution is 7.92. The van der Waals surface area contributed by atoms with E-state index in [1.807, 2.05) is 39.8 Å². The summed E-state index contributed by atoms with van der Waals surface area (Å²) >= 11 is 12.3. The van der Waals surface area contributed by atoms with E-state index < -0.39 is 34.1 Å². The van der Waals surface area contributed by atoms with Gasteiger partial charge in [-0.2, -0.15) is 0 Å². The molecule has 0 saturated heterocycles. The van der Waals surface area contributed by atoms with Crippen molar-refractivity contribution < 1.29 is 18.0 Å². The molecule has 0 fully saturated rings. The Morgan fingerprint density at radius 2 is 1.67 bits per heavy atom. The third-order valence-electron chi connectivity index (χ3n) is 5.53. The Balaban J connectivity index is 2.53. The van der Waals surface area contributed by atoms with Gasteiger partial charge in [-0.1, -0.05) is 48.3 Å². The summed E-state index contributed by atoms with van der Waals surface area (Å²) in [6.07, 6.45) is 1.40. The number of hydrogen-bond acceptors (Lipinski definition) is 4. The smallest absolute Gasteiger partial charge is 0.244 e. The van der Waals surface area contributed by atoms with Crippen LogP contribution in [0, 0.1) is 13.8 Å². The van der Waals surface area contributed by atoms with Gasteiger partial charge in [0.25, 0.3) is 0 Å². The first kappa shape index (κ1) is 29.9. The fourth-order valence-electron chi connectivity index (χ4n) is 3.79. The summed E-state index contributed by atoms with van der Waals surface area (Å²) in [4.78, 5) is 28.4. The molecule has 0 bridgehead atoms. The molecule has 0 aromatic heterocycles. The molecule has 2 amide bonds. The van der Waals surface area contributed by atoms with Crippen LogP contribution in [0.25, 0.3) is 0 Å². The molecule has 0 aliphatic carbocycles. The van der Waals surface area contributed by atoms with Gasteiger partial charge in [0, 0.05) is 12.1 Å². The lowest BCUT2D eigenvalue weighted by Crippen LogP contribution is -2.55. The molecule has 0 aliphatic heterocycles. The molecule has 0 unspecified atom stereocenters. The highest BCUT2D eigenvalue weighted by Gasteiger charge is 2.33. The van der Waals surface area contributed by atoms with E-state index >= 15 is 0 Å². The van der Waals surface area contributed by atoms with Crippen LogP contribution < -0.4 is 9.62 Å². The van der Waals surface area contributed by atoms with Crippen molar-refractivity contribution in [3.63, 3.8) is 0 Å². The molecule has 0 radical (unpaired) electrons. The van der Waals surface area contributed by atoms with Gasteiger partial charge in [-0.3, -0.25) is 13.9 Å². The molecule has 0 saturated carbocycles.